The second-order valence-corrected chi connectivity index (χ2v) is 6.85. The Kier molecular flexibility index (Phi) is 3.54. The maximum atomic E-state index is 12.6. The Labute approximate surface area is 119 Å². The standard InChI is InChI=1S/C13H15NO3S2/c15-12(14-7-18-6-10(14)13(16)17)9-5-19-11-4-2-1-3-8(9)11/h5,10H,1-4,6-7H2,(H,16,17). The van der Waals surface area contributed by atoms with Crippen molar-refractivity contribution in [2.24, 2.45) is 0 Å². The van der Waals surface area contributed by atoms with Crippen LogP contribution in [0.25, 0.3) is 0 Å². The predicted octanol–water partition coefficient (Wildman–Crippen LogP) is 2.23. The number of rotatable bonds is 2. The van der Waals surface area contributed by atoms with Crippen LogP contribution in [0.3, 0.4) is 0 Å². The van der Waals surface area contributed by atoms with E-state index in [9.17, 15) is 9.59 Å². The molecule has 1 unspecified atom stereocenters. The van der Waals surface area contributed by atoms with Gasteiger partial charge in [0.25, 0.3) is 5.91 Å². The van der Waals surface area contributed by atoms with Crippen molar-refractivity contribution in [3.63, 3.8) is 0 Å². The summed E-state index contributed by atoms with van der Waals surface area (Å²) in [7, 11) is 0. The zero-order valence-electron chi connectivity index (χ0n) is 10.4. The minimum Gasteiger partial charge on any atom is -0.480 e. The van der Waals surface area contributed by atoms with E-state index < -0.39 is 12.0 Å². The topological polar surface area (TPSA) is 57.6 Å². The molecule has 102 valence electrons. The lowest BCUT2D eigenvalue weighted by Gasteiger charge is -2.21. The SMILES string of the molecule is O=C(O)C1CSCN1C(=O)c1csc2c1CCCC2. The van der Waals surface area contributed by atoms with Gasteiger partial charge in [0.05, 0.1) is 11.4 Å². The van der Waals surface area contributed by atoms with Gasteiger partial charge in [-0.05, 0) is 31.2 Å². The maximum Gasteiger partial charge on any atom is 0.327 e. The van der Waals surface area contributed by atoms with Crippen LogP contribution in [0.4, 0.5) is 0 Å². The molecule has 0 saturated carbocycles. The molecule has 1 aromatic rings. The molecule has 1 aromatic heterocycles. The number of carboxylic acid groups (broad SMARTS) is 1. The summed E-state index contributed by atoms with van der Waals surface area (Å²) in [5.74, 6) is -0.0207. The zero-order valence-corrected chi connectivity index (χ0v) is 12.1. The number of fused-ring (bicyclic) bond motifs is 1. The summed E-state index contributed by atoms with van der Waals surface area (Å²) in [6, 6.07) is -0.670. The van der Waals surface area contributed by atoms with E-state index in [1.54, 1.807) is 11.3 Å². The van der Waals surface area contributed by atoms with E-state index in [1.807, 2.05) is 5.38 Å². The molecule has 2 heterocycles. The third-order valence-electron chi connectivity index (χ3n) is 3.72. The van der Waals surface area contributed by atoms with Gasteiger partial charge in [0.15, 0.2) is 0 Å². The van der Waals surface area contributed by atoms with Crippen molar-refractivity contribution in [3.05, 3.63) is 21.4 Å². The number of thiophene rings is 1. The first-order chi connectivity index (χ1) is 9.18. The Morgan fingerprint density at radius 2 is 2.11 bits per heavy atom. The molecule has 1 aliphatic heterocycles. The quantitative estimate of drug-likeness (QED) is 0.909. The van der Waals surface area contributed by atoms with Gasteiger partial charge >= 0.3 is 5.97 Å². The number of carbonyl (C=O) groups is 2. The average molecular weight is 297 g/mol. The molecule has 1 aliphatic carbocycles. The fourth-order valence-electron chi connectivity index (χ4n) is 2.68. The van der Waals surface area contributed by atoms with E-state index in [4.69, 9.17) is 5.11 Å². The molecule has 1 atom stereocenters. The Balaban J connectivity index is 1.88. The summed E-state index contributed by atoms with van der Waals surface area (Å²) >= 11 is 3.16. The van der Waals surface area contributed by atoms with Crippen LogP contribution in [0.2, 0.25) is 0 Å². The van der Waals surface area contributed by atoms with Crippen molar-refractivity contribution in [2.75, 3.05) is 11.6 Å². The molecule has 1 N–H and O–H groups in total. The molecule has 0 radical (unpaired) electrons. The normalized spacial score (nSPS) is 22.3. The molecule has 1 amide bonds. The minimum atomic E-state index is -0.901. The second-order valence-electron chi connectivity index (χ2n) is 4.89. The number of thioether (sulfide) groups is 1. The second kappa shape index (κ2) is 5.17. The number of carboxylic acids is 1. The van der Waals surface area contributed by atoms with Gasteiger partial charge < -0.3 is 10.0 Å². The molecule has 6 heteroatoms. The maximum absolute atomic E-state index is 12.6. The van der Waals surface area contributed by atoms with Crippen LogP contribution >= 0.6 is 23.1 Å². The fourth-order valence-corrected chi connectivity index (χ4v) is 4.94. The molecule has 0 bridgehead atoms. The molecule has 1 fully saturated rings. The van der Waals surface area contributed by atoms with Gasteiger partial charge in [-0.3, -0.25) is 4.79 Å². The highest BCUT2D eigenvalue weighted by molar-refractivity contribution is 7.99. The zero-order chi connectivity index (χ0) is 13.4. The number of aliphatic carboxylic acids is 1. The molecular formula is C13H15NO3S2. The largest absolute Gasteiger partial charge is 0.480 e. The highest BCUT2D eigenvalue weighted by Gasteiger charge is 2.36. The molecular weight excluding hydrogens is 282 g/mol. The third-order valence-corrected chi connectivity index (χ3v) is 5.82. The van der Waals surface area contributed by atoms with Crippen molar-refractivity contribution >= 4 is 35.0 Å². The first-order valence-electron chi connectivity index (χ1n) is 6.39. The molecule has 0 aromatic carbocycles. The Hall–Kier alpha value is -1.01. The van der Waals surface area contributed by atoms with Gasteiger partial charge in [-0.25, -0.2) is 4.79 Å². The first kappa shape index (κ1) is 13.0. The van der Waals surface area contributed by atoms with Gasteiger partial charge in [0.2, 0.25) is 0 Å². The minimum absolute atomic E-state index is 0.100. The van der Waals surface area contributed by atoms with Gasteiger partial charge in [-0.1, -0.05) is 0 Å². The summed E-state index contributed by atoms with van der Waals surface area (Å²) < 4.78 is 0. The predicted molar refractivity (Wildman–Crippen MR) is 75.9 cm³/mol. The smallest absolute Gasteiger partial charge is 0.327 e. The van der Waals surface area contributed by atoms with Crippen molar-refractivity contribution in [1.82, 2.24) is 4.90 Å². The molecule has 4 nitrogen and oxygen atoms in total. The van der Waals surface area contributed by atoms with Crippen LogP contribution in [0.15, 0.2) is 5.38 Å². The van der Waals surface area contributed by atoms with E-state index >= 15 is 0 Å². The van der Waals surface area contributed by atoms with Crippen LogP contribution < -0.4 is 0 Å². The summed E-state index contributed by atoms with van der Waals surface area (Å²) in [5.41, 5.74) is 1.91. The first-order valence-corrected chi connectivity index (χ1v) is 8.42. The van der Waals surface area contributed by atoms with Crippen LogP contribution in [-0.4, -0.2) is 39.6 Å². The van der Waals surface area contributed by atoms with Crippen LogP contribution in [0, 0.1) is 0 Å². The van der Waals surface area contributed by atoms with Gasteiger partial charge in [-0.2, -0.15) is 0 Å². The van der Waals surface area contributed by atoms with Crippen molar-refractivity contribution in [3.8, 4) is 0 Å². The Morgan fingerprint density at radius 1 is 1.32 bits per heavy atom. The number of nitrogens with zero attached hydrogens (tertiary/aromatic N) is 1. The van der Waals surface area contributed by atoms with E-state index in [2.05, 4.69) is 0 Å². The van der Waals surface area contributed by atoms with Crippen molar-refractivity contribution in [1.29, 1.82) is 0 Å². The Morgan fingerprint density at radius 3 is 2.89 bits per heavy atom. The number of amides is 1. The van der Waals surface area contributed by atoms with Gasteiger partial charge in [0.1, 0.15) is 6.04 Å². The lowest BCUT2D eigenvalue weighted by molar-refractivity contribution is -0.140. The van der Waals surface area contributed by atoms with Crippen LogP contribution in [-0.2, 0) is 17.6 Å². The van der Waals surface area contributed by atoms with E-state index in [1.165, 1.54) is 33.5 Å². The highest BCUT2D eigenvalue weighted by atomic mass is 32.2. The number of hydrogen-bond acceptors (Lipinski definition) is 4. The molecule has 0 spiro atoms. The average Bonchev–Trinajstić information content (AvgIpc) is 3.05. The van der Waals surface area contributed by atoms with E-state index in [-0.39, 0.29) is 5.91 Å². The summed E-state index contributed by atoms with van der Waals surface area (Å²) in [6.45, 7) is 0. The molecule has 3 rings (SSSR count). The third kappa shape index (κ3) is 2.27. The molecule has 1 saturated heterocycles. The highest BCUT2D eigenvalue weighted by Crippen LogP contribution is 2.32. The van der Waals surface area contributed by atoms with Gasteiger partial charge in [0, 0.05) is 16.0 Å². The van der Waals surface area contributed by atoms with E-state index in [0.29, 0.717) is 11.6 Å². The lowest BCUT2D eigenvalue weighted by Crippen LogP contribution is -2.42. The fraction of sp³-hybridized carbons (Fsp3) is 0.538. The van der Waals surface area contributed by atoms with Crippen molar-refractivity contribution < 1.29 is 14.7 Å². The number of hydrogen-bond donors (Lipinski definition) is 1. The summed E-state index contributed by atoms with van der Waals surface area (Å²) in [4.78, 5) is 26.5. The van der Waals surface area contributed by atoms with Gasteiger partial charge in [-0.15, -0.1) is 23.1 Å². The summed E-state index contributed by atoms with van der Waals surface area (Å²) in [6.07, 6.45) is 4.34. The van der Waals surface area contributed by atoms with E-state index in [0.717, 1.165) is 24.8 Å². The number of carbonyl (C=O) groups excluding carboxylic acids is 1. The van der Waals surface area contributed by atoms with Crippen LogP contribution in [0.5, 0.6) is 0 Å². The Bertz CT molecular complexity index is 526. The molecule has 2 aliphatic rings. The molecule has 19 heavy (non-hydrogen) atoms. The monoisotopic (exact) mass is 297 g/mol. The van der Waals surface area contributed by atoms with Crippen LogP contribution in [0.1, 0.15) is 33.6 Å². The summed E-state index contributed by atoms with van der Waals surface area (Å²) in [5, 5.41) is 11.1. The lowest BCUT2D eigenvalue weighted by atomic mass is 9.95. The number of aryl methyl sites for hydroxylation is 1. The van der Waals surface area contributed by atoms with Crippen molar-refractivity contribution in [2.45, 2.75) is 31.7 Å².